The Bertz CT molecular complexity index is 508. The monoisotopic (exact) mass is 255 g/mol. The highest BCUT2D eigenvalue weighted by atomic mass is 32.1. The van der Waals surface area contributed by atoms with Gasteiger partial charge in [0.2, 0.25) is 4.77 Å². The second kappa shape index (κ2) is 4.75. The van der Waals surface area contributed by atoms with Crippen molar-refractivity contribution in [3.8, 4) is 10.7 Å². The molecule has 0 atom stereocenters. The molecule has 0 saturated carbocycles. The van der Waals surface area contributed by atoms with Gasteiger partial charge < -0.3 is 4.90 Å². The van der Waals surface area contributed by atoms with Crippen LogP contribution < -0.4 is 4.90 Å². The SMILES string of the molecule is CCN(CC)c1ncc(-c2nc(=S)[nH][nH]2)s1. The summed E-state index contributed by atoms with van der Waals surface area (Å²) in [6, 6.07) is 0. The van der Waals surface area contributed by atoms with E-state index in [0.717, 1.165) is 28.9 Å². The molecule has 0 amide bonds. The largest absolute Gasteiger partial charge is 0.349 e. The summed E-state index contributed by atoms with van der Waals surface area (Å²) < 4.78 is 0.466. The Morgan fingerprint density at radius 3 is 2.69 bits per heavy atom. The lowest BCUT2D eigenvalue weighted by Gasteiger charge is -2.16. The molecule has 0 fully saturated rings. The van der Waals surface area contributed by atoms with Crippen molar-refractivity contribution in [3.63, 3.8) is 0 Å². The summed E-state index contributed by atoms with van der Waals surface area (Å²) in [4.78, 5) is 11.7. The minimum absolute atomic E-state index is 0.466. The smallest absolute Gasteiger partial charge is 0.213 e. The van der Waals surface area contributed by atoms with Gasteiger partial charge in [0.05, 0.1) is 11.1 Å². The molecule has 86 valence electrons. The quantitative estimate of drug-likeness (QED) is 0.824. The number of aromatic amines is 2. The molecule has 0 spiro atoms. The highest BCUT2D eigenvalue weighted by Gasteiger charge is 2.10. The molecule has 0 aliphatic carbocycles. The van der Waals surface area contributed by atoms with E-state index in [4.69, 9.17) is 12.2 Å². The number of hydrogen-bond acceptors (Lipinski definition) is 5. The third-order valence-corrected chi connectivity index (χ3v) is 3.52. The van der Waals surface area contributed by atoms with Crippen molar-refractivity contribution >= 4 is 28.7 Å². The van der Waals surface area contributed by atoms with Crippen LogP contribution in [0, 0.1) is 4.77 Å². The first kappa shape index (κ1) is 11.3. The van der Waals surface area contributed by atoms with Gasteiger partial charge in [-0.25, -0.2) is 4.98 Å². The summed E-state index contributed by atoms with van der Waals surface area (Å²) in [7, 11) is 0. The number of thiazole rings is 1. The summed E-state index contributed by atoms with van der Waals surface area (Å²) >= 11 is 6.52. The molecule has 0 aromatic carbocycles. The van der Waals surface area contributed by atoms with E-state index >= 15 is 0 Å². The number of nitrogens with one attached hydrogen (secondary N) is 2. The topological polar surface area (TPSA) is 60.6 Å². The van der Waals surface area contributed by atoms with Crippen LogP contribution in [-0.2, 0) is 0 Å². The van der Waals surface area contributed by atoms with Gasteiger partial charge >= 0.3 is 0 Å². The molecule has 0 aliphatic heterocycles. The van der Waals surface area contributed by atoms with Crippen LogP contribution in [-0.4, -0.2) is 33.3 Å². The van der Waals surface area contributed by atoms with Crippen LogP contribution in [0.25, 0.3) is 10.7 Å². The Kier molecular flexibility index (Phi) is 3.35. The van der Waals surface area contributed by atoms with Crippen LogP contribution in [0.4, 0.5) is 5.13 Å². The zero-order valence-electron chi connectivity index (χ0n) is 9.15. The van der Waals surface area contributed by atoms with E-state index in [1.54, 1.807) is 11.3 Å². The standard InChI is InChI=1S/C9H13N5S2/c1-3-14(4-2)9-10-5-6(16-9)7-11-8(15)13-12-7/h5H,3-4H2,1-2H3,(H2,11,12,13,15). The molecule has 0 saturated heterocycles. The first-order valence-corrected chi connectivity index (χ1v) is 6.33. The van der Waals surface area contributed by atoms with Crippen molar-refractivity contribution < 1.29 is 0 Å². The van der Waals surface area contributed by atoms with Gasteiger partial charge in [-0.05, 0) is 26.1 Å². The van der Waals surface area contributed by atoms with E-state index in [2.05, 4.69) is 38.9 Å². The molecule has 2 N–H and O–H groups in total. The van der Waals surface area contributed by atoms with E-state index in [1.165, 1.54) is 0 Å². The van der Waals surface area contributed by atoms with Gasteiger partial charge in [-0.3, -0.25) is 10.2 Å². The molecule has 2 rings (SSSR count). The highest BCUT2D eigenvalue weighted by Crippen LogP contribution is 2.28. The summed E-state index contributed by atoms with van der Waals surface area (Å²) in [5, 5.41) is 6.72. The summed E-state index contributed by atoms with van der Waals surface area (Å²) in [6.45, 7) is 6.15. The van der Waals surface area contributed by atoms with Crippen molar-refractivity contribution in [1.29, 1.82) is 0 Å². The number of rotatable bonds is 4. The zero-order chi connectivity index (χ0) is 11.5. The average Bonchev–Trinajstić information content (AvgIpc) is 2.89. The molecular formula is C9H13N5S2. The molecular weight excluding hydrogens is 242 g/mol. The van der Waals surface area contributed by atoms with Crippen molar-refractivity contribution in [3.05, 3.63) is 11.0 Å². The Morgan fingerprint density at radius 2 is 2.12 bits per heavy atom. The lowest BCUT2D eigenvalue weighted by Crippen LogP contribution is -2.21. The van der Waals surface area contributed by atoms with E-state index in [1.807, 2.05) is 6.20 Å². The van der Waals surface area contributed by atoms with Crippen molar-refractivity contribution in [2.45, 2.75) is 13.8 Å². The van der Waals surface area contributed by atoms with Gasteiger partial charge in [0, 0.05) is 13.1 Å². The molecule has 0 unspecified atom stereocenters. The van der Waals surface area contributed by atoms with Crippen molar-refractivity contribution in [2.24, 2.45) is 0 Å². The number of anilines is 1. The average molecular weight is 255 g/mol. The fourth-order valence-electron chi connectivity index (χ4n) is 1.40. The van der Waals surface area contributed by atoms with Crippen molar-refractivity contribution in [1.82, 2.24) is 20.2 Å². The molecule has 0 aliphatic rings. The highest BCUT2D eigenvalue weighted by molar-refractivity contribution is 7.71. The van der Waals surface area contributed by atoms with Crippen LogP contribution in [0.15, 0.2) is 6.20 Å². The number of H-pyrrole nitrogens is 2. The van der Waals surface area contributed by atoms with Gasteiger partial charge in [-0.2, -0.15) is 4.98 Å². The Morgan fingerprint density at radius 1 is 1.38 bits per heavy atom. The number of aromatic nitrogens is 4. The fourth-order valence-corrected chi connectivity index (χ4v) is 2.53. The van der Waals surface area contributed by atoms with Gasteiger partial charge in [0.25, 0.3) is 0 Å². The predicted molar refractivity (Wildman–Crippen MR) is 68.4 cm³/mol. The third kappa shape index (κ3) is 2.14. The molecule has 16 heavy (non-hydrogen) atoms. The van der Waals surface area contributed by atoms with Gasteiger partial charge in [0.15, 0.2) is 11.0 Å². The van der Waals surface area contributed by atoms with Crippen molar-refractivity contribution in [2.75, 3.05) is 18.0 Å². The fraction of sp³-hybridized carbons (Fsp3) is 0.444. The Hall–Kier alpha value is -1.21. The zero-order valence-corrected chi connectivity index (χ0v) is 10.8. The van der Waals surface area contributed by atoms with Crippen LogP contribution in [0.3, 0.4) is 0 Å². The van der Waals surface area contributed by atoms with E-state index < -0.39 is 0 Å². The third-order valence-electron chi connectivity index (χ3n) is 2.26. The van der Waals surface area contributed by atoms with Gasteiger partial charge in [-0.15, -0.1) is 0 Å². The number of hydrogen-bond donors (Lipinski definition) is 2. The lowest BCUT2D eigenvalue weighted by molar-refractivity contribution is 0.860. The van der Waals surface area contributed by atoms with E-state index in [0.29, 0.717) is 4.77 Å². The molecule has 2 aromatic heterocycles. The minimum Gasteiger partial charge on any atom is -0.349 e. The molecule has 2 heterocycles. The van der Waals surface area contributed by atoms with Crippen LogP contribution in [0.1, 0.15) is 13.8 Å². The second-order valence-corrected chi connectivity index (χ2v) is 4.59. The molecule has 7 heteroatoms. The van der Waals surface area contributed by atoms with E-state index in [-0.39, 0.29) is 0 Å². The first-order valence-electron chi connectivity index (χ1n) is 5.10. The van der Waals surface area contributed by atoms with Crippen LogP contribution in [0.5, 0.6) is 0 Å². The van der Waals surface area contributed by atoms with Gasteiger partial charge in [0.1, 0.15) is 0 Å². The molecule has 2 aromatic rings. The normalized spacial score (nSPS) is 10.6. The van der Waals surface area contributed by atoms with E-state index in [9.17, 15) is 0 Å². The minimum atomic E-state index is 0.466. The summed E-state index contributed by atoms with van der Waals surface area (Å²) in [5.41, 5.74) is 0. The summed E-state index contributed by atoms with van der Waals surface area (Å²) in [5.74, 6) is 0.751. The Labute approximate surface area is 103 Å². The molecule has 0 radical (unpaired) electrons. The predicted octanol–water partition coefficient (Wildman–Crippen LogP) is 2.44. The van der Waals surface area contributed by atoms with Crippen LogP contribution >= 0.6 is 23.6 Å². The number of nitrogens with zero attached hydrogens (tertiary/aromatic N) is 3. The lowest BCUT2D eigenvalue weighted by atomic mass is 10.5. The maximum Gasteiger partial charge on any atom is 0.213 e. The molecule has 0 bridgehead atoms. The second-order valence-electron chi connectivity index (χ2n) is 3.19. The van der Waals surface area contributed by atoms with Crippen LogP contribution in [0.2, 0.25) is 0 Å². The Balaban J connectivity index is 2.28. The first-order chi connectivity index (χ1) is 7.74. The maximum atomic E-state index is 4.91. The summed E-state index contributed by atoms with van der Waals surface area (Å²) in [6.07, 6.45) is 1.82. The molecule has 5 nitrogen and oxygen atoms in total. The van der Waals surface area contributed by atoms with Gasteiger partial charge in [-0.1, -0.05) is 11.3 Å². The maximum absolute atomic E-state index is 4.91.